The molecule has 2 rings (SSSR count). The molecule has 0 bridgehead atoms. The normalized spacial score (nSPS) is 13.1. The SMILES string of the molecule is CC(C)Oc1ccc(NC(N)=NCC(c2cccc(F)c2)N(C)C)cc1. The molecule has 0 aliphatic rings. The standard InChI is InChI=1S/C20H27FN4O/c1-14(2)26-18-10-8-17(9-11-18)24-20(22)23-13-19(25(3)4)15-6-5-7-16(21)12-15/h5-12,14,19H,13H2,1-4H3,(H3,22,23,24). The van der Waals surface area contributed by atoms with E-state index in [0.29, 0.717) is 12.5 Å². The van der Waals surface area contributed by atoms with Crippen molar-refractivity contribution >= 4 is 11.6 Å². The predicted octanol–water partition coefficient (Wildman–Crippen LogP) is 3.64. The van der Waals surface area contributed by atoms with E-state index in [0.717, 1.165) is 17.0 Å². The van der Waals surface area contributed by atoms with Gasteiger partial charge in [0.05, 0.1) is 18.7 Å². The van der Waals surface area contributed by atoms with Crippen molar-refractivity contribution in [2.45, 2.75) is 26.0 Å². The van der Waals surface area contributed by atoms with Crippen LogP contribution < -0.4 is 15.8 Å². The second-order valence-electron chi connectivity index (χ2n) is 6.58. The number of nitrogens with zero attached hydrogens (tertiary/aromatic N) is 2. The van der Waals surface area contributed by atoms with E-state index in [9.17, 15) is 4.39 Å². The number of ether oxygens (including phenoxy) is 1. The van der Waals surface area contributed by atoms with Crippen LogP contribution in [0.15, 0.2) is 53.5 Å². The molecule has 0 spiro atoms. The molecule has 1 unspecified atom stereocenters. The molecule has 1 atom stereocenters. The van der Waals surface area contributed by atoms with Gasteiger partial charge in [0.25, 0.3) is 0 Å². The summed E-state index contributed by atoms with van der Waals surface area (Å²) in [5.74, 6) is 0.860. The molecule has 0 amide bonds. The first-order chi connectivity index (χ1) is 12.3. The molecule has 0 saturated heterocycles. The predicted molar refractivity (Wildman–Crippen MR) is 105 cm³/mol. The van der Waals surface area contributed by atoms with Gasteiger partial charge < -0.3 is 20.7 Å². The molecular formula is C20H27FN4O. The summed E-state index contributed by atoms with van der Waals surface area (Å²) >= 11 is 0. The monoisotopic (exact) mass is 358 g/mol. The Morgan fingerprint density at radius 3 is 2.46 bits per heavy atom. The molecule has 2 aromatic rings. The van der Waals surface area contributed by atoms with Crippen molar-refractivity contribution in [3.63, 3.8) is 0 Å². The van der Waals surface area contributed by atoms with E-state index in [1.54, 1.807) is 6.07 Å². The summed E-state index contributed by atoms with van der Waals surface area (Å²) in [6, 6.07) is 14.0. The maximum Gasteiger partial charge on any atom is 0.193 e. The molecule has 140 valence electrons. The molecule has 0 aliphatic heterocycles. The minimum Gasteiger partial charge on any atom is -0.491 e. The topological polar surface area (TPSA) is 62.9 Å². The Balaban J connectivity index is 2.01. The highest BCUT2D eigenvalue weighted by Crippen LogP contribution is 2.20. The van der Waals surface area contributed by atoms with E-state index < -0.39 is 0 Å². The van der Waals surface area contributed by atoms with Crippen LogP contribution in [0.2, 0.25) is 0 Å². The lowest BCUT2D eigenvalue weighted by Gasteiger charge is -2.23. The Kier molecular flexibility index (Phi) is 6.97. The van der Waals surface area contributed by atoms with Gasteiger partial charge in [0.1, 0.15) is 11.6 Å². The summed E-state index contributed by atoms with van der Waals surface area (Å²) in [4.78, 5) is 6.40. The molecule has 26 heavy (non-hydrogen) atoms. The van der Waals surface area contributed by atoms with Crippen LogP contribution in [0.25, 0.3) is 0 Å². The molecule has 3 N–H and O–H groups in total. The number of likely N-dealkylation sites (N-methyl/N-ethyl adjacent to an activating group) is 1. The Bertz CT molecular complexity index is 729. The number of benzene rings is 2. The zero-order chi connectivity index (χ0) is 19.1. The van der Waals surface area contributed by atoms with Crippen LogP contribution in [0.5, 0.6) is 5.75 Å². The highest BCUT2D eigenvalue weighted by molar-refractivity contribution is 5.92. The molecular weight excluding hydrogens is 331 g/mol. The van der Waals surface area contributed by atoms with Crippen molar-refractivity contribution in [1.29, 1.82) is 0 Å². The largest absolute Gasteiger partial charge is 0.491 e. The van der Waals surface area contributed by atoms with Crippen LogP contribution in [0.3, 0.4) is 0 Å². The number of aliphatic imine (C=N–C) groups is 1. The van der Waals surface area contributed by atoms with E-state index >= 15 is 0 Å². The second-order valence-corrected chi connectivity index (χ2v) is 6.58. The Hall–Kier alpha value is -2.60. The zero-order valence-electron chi connectivity index (χ0n) is 15.7. The maximum absolute atomic E-state index is 13.5. The average molecular weight is 358 g/mol. The highest BCUT2D eigenvalue weighted by Gasteiger charge is 2.14. The van der Waals surface area contributed by atoms with Crippen LogP contribution in [0, 0.1) is 5.82 Å². The van der Waals surface area contributed by atoms with Crippen molar-refractivity contribution in [3.05, 3.63) is 59.9 Å². The van der Waals surface area contributed by atoms with Gasteiger partial charge in [-0.3, -0.25) is 4.99 Å². The van der Waals surface area contributed by atoms with Gasteiger partial charge in [0.15, 0.2) is 5.96 Å². The summed E-state index contributed by atoms with van der Waals surface area (Å²) < 4.78 is 19.1. The molecule has 0 fully saturated rings. The number of guanidine groups is 1. The lowest BCUT2D eigenvalue weighted by atomic mass is 10.1. The van der Waals surface area contributed by atoms with Gasteiger partial charge in [-0.2, -0.15) is 0 Å². The number of nitrogens with one attached hydrogen (secondary N) is 1. The van der Waals surface area contributed by atoms with Crippen LogP contribution in [0.4, 0.5) is 10.1 Å². The van der Waals surface area contributed by atoms with Crippen molar-refractivity contribution < 1.29 is 9.13 Å². The third-order valence-electron chi connectivity index (χ3n) is 3.79. The molecule has 0 aliphatic carbocycles. The fourth-order valence-electron chi connectivity index (χ4n) is 2.54. The molecule has 0 radical (unpaired) electrons. The lowest BCUT2D eigenvalue weighted by Crippen LogP contribution is -2.27. The van der Waals surface area contributed by atoms with Crippen molar-refractivity contribution in [2.24, 2.45) is 10.7 Å². The average Bonchev–Trinajstić information content (AvgIpc) is 2.56. The third-order valence-corrected chi connectivity index (χ3v) is 3.79. The Morgan fingerprint density at radius 2 is 1.88 bits per heavy atom. The van der Waals surface area contributed by atoms with Gasteiger partial charge in [-0.1, -0.05) is 12.1 Å². The molecule has 0 aromatic heterocycles. The van der Waals surface area contributed by atoms with Crippen molar-refractivity contribution in [3.8, 4) is 5.75 Å². The number of hydrogen-bond donors (Lipinski definition) is 2. The second kappa shape index (κ2) is 9.20. The van der Waals surface area contributed by atoms with Gasteiger partial charge in [0.2, 0.25) is 0 Å². The van der Waals surface area contributed by atoms with Crippen LogP contribution >= 0.6 is 0 Å². The van der Waals surface area contributed by atoms with Crippen LogP contribution in [-0.4, -0.2) is 37.6 Å². The number of anilines is 1. The van der Waals surface area contributed by atoms with E-state index in [-0.39, 0.29) is 18.0 Å². The number of hydrogen-bond acceptors (Lipinski definition) is 3. The first-order valence-corrected chi connectivity index (χ1v) is 8.60. The van der Waals surface area contributed by atoms with Crippen LogP contribution in [-0.2, 0) is 0 Å². The van der Waals surface area contributed by atoms with Gasteiger partial charge in [-0.05, 0) is 69.9 Å². The van der Waals surface area contributed by atoms with Gasteiger partial charge in [-0.15, -0.1) is 0 Å². The summed E-state index contributed by atoms with van der Waals surface area (Å²) in [5, 5.41) is 3.06. The maximum atomic E-state index is 13.5. The van der Waals surface area contributed by atoms with Crippen molar-refractivity contribution in [1.82, 2.24) is 4.90 Å². The summed E-state index contributed by atoms with van der Waals surface area (Å²) in [6.07, 6.45) is 0.131. The Morgan fingerprint density at radius 1 is 1.19 bits per heavy atom. The van der Waals surface area contributed by atoms with E-state index in [1.165, 1.54) is 12.1 Å². The summed E-state index contributed by atoms with van der Waals surface area (Å²) in [5.41, 5.74) is 7.69. The fraction of sp³-hybridized carbons (Fsp3) is 0.350. The summed E-state index contributed by atoms with van der Waals surface area (Å²) in [7, 11) is 3.87. The lowest BCUT2D eigenvalue weighted by molar-refractivity contribution is 0.242. The van der Waals surface area contributed by atoms with Gasteiger partial charge >= 0.3 is 0 Å². The first kappa shape index (κ1) is 19.7. The smallest absolute Gasteiger partial charge is 0.193 e. The highest BCUT2D eigenvalue weighted by atomic mass is 19.1. The number of halogens is 1. The first-order valence-electron chi connectivity index (χ1n) is 8.60. The van der Waals surface area contributed by atoms with Gasteiger partial charge in [0, 0.05) is 5.69 Å². The Labute approximate surface area is 154 Å². The molecule has 0 heterocycles. The number of rotatable bonds is 7. The van der Waals surface area contributed by atoms with E-state index in [4.69, 9.17) is 10.5 Å². The minimum absolute atomic E-state index is 0.0622. The van der Waals surface area contributed by atoms with Gasteiger partial charge in [-0.25, -0.2) is 4.39 Å². The molecule has 6 heteroatoms. The fourth-order valence-corrected chi connectivity index (χ4v) is 2.54. The molecule has 2 aromatic carbocycles. The number of nitrogens with two attached hydrogens (primary N) is 1. The quantitative estimate of drug-likeness (QED) is 0.586. The minimum atomic E-state index is -0.256. The molecule has 5 nitrogen and oxygen atoms in total. The molecule has 0 saturated carbocycles. The van der Waals surface area contributed by atoms with E-state index in [2.05, 4.69) is 10.3 Å². The summed E-state index contributed by atoms with van der Waals surface area (Å²) in [6.45, 7) is 4.39. The van der Waals surface area contributed by atoms with E-state index in [1.807, 2.05) is 63.2 Å². The van der Waals surface area contributed by atoms with Crippen molar-refractivity contribution in [2.75, 3.05) is 26.0 Å². The van der Waals surface area contributed by atoms with Crippen LogP contribution in [0.1, 0.15) is 25.5 Å². The third kappa shape index (κ3) is 6.04. The zero-order valence-corrected chi connectivity index (χ0v) is 15.7.